The van der Waals surface area contributed by atoms with Gasteiger partial charge in [-0.3, -0.25) is 4.79 Å². The van der Waals surface area contributed by atoms with Crippen molar-refractivity contribution < 1.29 is 6.22 Å². The van der Waals surface area contributed by atoms with Crippen molar-refractivity contribution in [2.24, 2.45) is 7.05 Å². The summed E-state index contributed by atoms with van der Waals surface area (Å²) in [6.07, 6.45) is 2.50. The molecule has 114 valence electrons. The Morgan fingerprint density at radius 1 is 1.40 bits per heavy atom. The molecule has 0 aromatic carbocycles. The van der Waals surface area contributed by atoms with E-state index in [0.717, 1.165) is 9.08 Å². The highest BCUT2D eigenvalue weighted by molar-refractivity contribution is 5.97. The number of hydrogen-bond acceptors (Lipinski definition) is 5. The lowest BCUT2D eigenvalue weighted by Crippen LogP contribution is -2.28. The van der Waals surface area contributed by atoms with E-state index in [1.807, 2.05) is 13.8 Å². The van der Waals surface area contributed by atoms with Gasteiger partial charge in [0.1, 0.15) is 6.33 Å². The van der Waals surface area contributed by atoms with Crippen LogP contribution in [0.5, 0.6) is 0 Å². The van der Waals surface area contributed by atoms with E-state index in [9.17, 15) is 9.59 Å². The molecule has 0 aliphatic heterocycles. The minimum atomic E-state index is -0.403. The van der Waals surface area contributed by atoms with E-state index in [1.165, 1.54) is 26.8 Å². The summed E-state index contributed by atoms with van der Waals surface area (Å²) in [6, 6.07) is 0. The van der Waals surface area contributed by atoms with E-state index in [4.69, 9.17) is 0 Å². The Hall–Kier alpha value is -2.25. The maximum Gasteiger partial charge on any atom is 0.352 e. The van der Waals surface area contributed by atoms with Crippen LogP contribution in [-0.2, 0) is 7.05 Å². The molecule has 0 bridgehead atoms. The standard InChI is InChI=1S/C7H8N6O2.C3H8.C2H6.H2/c1-8-6(14)4-5-10-11-12(2)7(15)13(5)3-9-4;1-3-2;1-2;/h3H,1-2H3,(H,8,14);3H2,1-2H3;1-2H3;1H. The van der Waals surface area contributed by atoms with Gasteiger partial charge < -0.3 is 5.32 Å². The summed E-state index contributed by atoms with van der Waals surface area (Å²) in [4.78, 5) is 26.6. The molecule has 0 atom stereocenters. The van der Waals surface area contributed by atoms with E-state index in [-0.39, 0.29) is 12.8 Å². The molecule has 0 fully saturated rings. The third-order valence-corrected chi connectivity index (χ3v) is 1.94. The molecular weight excluding hydrogens is 260 g/mol. The van der Waals surface area contributed by atoms with Crippen LogP contribution in [0.2, 0.25) is 0 Å². The zero-order valence-electron chi connectivity index (χ0n) is 12.8. The van der Waals surface area contributed by atoms with Gasteiger partial charge in [-0.1, -0.05) is 39.3 Å². The molecule has 1 amide bonds. The third-order valence-electron chi connectivity index (χ3n) is 1.94. The van der Waals surface area contributed by atoms with Crippen molar-refractivity contribution >= 4 is 11.6 Å². The number of carbonyl (C=O) groups is 1. The molecule has 0 aliphatic carbocycles. The average Bonchev–Trinajstić information content (AvgIpc) is 2.90. The number of imidazole rings is 1. The first-order valence-electron chi connectivity index (χ1n) is 6.55. The first-order valence-corrected chi connectivity index (χ1v) is 6.55. The number of rotatable bonds is 1. The van der Waals surface area contributed by atoms with Gasteiger partial charge in [0.15, 0.2) is 11.3 Å². The highest BCUT2D eigenvalue weighted by Gasteiger charge is 2.15. The Balaban J connectivity index is 0. The van der Waals surface area contributed by atoms with Gasteiger partial charge in [0.2, 0.25) is 0 Å². The second-order valence-corrected chi connectivity index (χ2v) is 3.57. The van der Waals surface area contributed by atoms with Crippen LogP contribution in [0, 0.1) is 0 Å². The minimum Gasteiger partial charge on any atom is -0.354 e. The van der Waals surface area contributed by atoms with Gasteiger partial charge in [-0.15, -0.1) is 5.10 Å². The molecule has 2 aromatic rings. The van der Waals surface area contributed by atoms with Crippen LogP contribution < -0.4 is 11.0 Å². The first-order chi connectivity index (χ1) is 9.56. The predicted molar refractivity (Wildman–Crippen MR) is 78.8 cm³/mol. The fourth-order valence-electron chi connectivity index (χ4n) is 1.16. The third kappa shape index (κ3) is 3.87. The summed E-state index contributed by atoms with van der Waals surface area (Å²) < 4.78 is 2.22. The van der Waals surface area contributed by atoms with Crippen LogP contribution in [0.15, 0.2) is 11.1 Å². The highest BCUT2D eigenvalue weighted by atomic mass is 16.2. The summed E-state index contributed by atoms with van der Waals surface area (Å²) in [5.74, 6) is -0.403. The van der Waals surface area contributed by atoms with Crippen molar-refractivity contribution in [3.8, 4) is 0 Å². The smallest absolute Gasteiger partial charge is 0.352 e. The van der Waals surface area contributed by atoms with Crippen LogP contribution in [0.25, 0.3) is 5.65 Å². The van der Waals surface area contributed by atoms with E-state index in [1.54, 1.807) is 0 Å². The fraction of sp³-hybridized carbons (Fsp3) is 0.583. The highest BCUT2D eigenvalue weighted by Crippen LogP contribution is 2.01. The number of carbonyl (C=O) groups excluding carboxylic acids is 1. The first kappa shape index (κ1) is 17.8. The molecule has 2 aromatic heterocycles. The molecule has 2 heterocycles. The van der Waals surface area contributed by atoms with Crippen molar-refractivity contribution in [3.63, 3.8) is 0 Å². The van der Waals surface area contributed by atoms with Crippen LogP contribution >= 0.6 is 0 Å². The van der Waals surface area contributed by atoms with Crippen LogP contribution in [0.3, 0.4) is 0 Å². The van der Waals surface area contributed by atoms with Crippen molar-refractivity contribution in [2.45, 2.75) is 34.1 Å². The lowest BCUT2D eigenvalue weighted by Gasteiger charge is -1.96. The average molecular weight is 284 g/mol. The molecule has 0 saturated heterocycles. The summed E-state index contributed by atoms with van der Waals surface area (Å²) >= 11 is 0. The van der Waals surface area contributed by atoms with Crippen LogP contribution in [-0.4, -0.2) is 37.3 Å². The lowest BCUT2D eigenvalue weighted by molar-refractivity contribution is 0.0960. The molecule has 20 heavy (non-hydrogen) atoms. The molecule has 0 aliphatic rings. The van der Waals surface area contributed by atoms with Gasteiger partial charge in [0.05, 0.1) is 0 Å². The topological polar surface area (TPSA) is 94.2 Å². The number of amides is 1. The molecule has 8 nitrogen and oxygen atoms in total. The molecule has 0 unspecified atom stereocenters. The number of hydrogen-bond donors (Lipinski definition) is 1. The number of aryl methyl sites for hydroxylation is 1. The summed E-state index contributed by atoms with van der Waals surface area (Å²) in [5.41, 5.74) is -0.164. The number of fused-ring (bicyclic) bond motifs is 1. The lowest BCUT2D eigenvalue weighted by atomic mass is 10.4. The molecular formula is C12H24N6O2. The molecule has 0 spiro atoms. The van der Waals surface area contributed by atoms with Gasteiger partial charge in [-0.25, -0.2) is 14.2 Å². The Morgan fingerprint density at radius 3 is 2.45 bits per heavy atom. The second-order valence-electron chi connectivity index (χ2n) is 3.57. The van der Waals surface area contributed by atoms with Crippen molar-refractivity contribution in [2.75, 3.05) is 7.05 Å². The van der Waals surface area contributed by atoms with Crippen molar-refractivity contribution in [1.82, 2.24) is 29.7 Å². The predicted octanol–water partition coefficient (Wildman–Crippen LogP) is 0.871. The molecule has 0 saturated carbocycles. The summed E-state index contributed by atoms with van der Waals surface area (Å²) in [6.45, 7) is 8.25. The molecule has 2 rings (SSSR count). The quantitative estimate of drug-likeness (QED) is 0.838. The van der Waals surface area contributed by atoms with E-state index in [2.05, 4.69) is 34.5 Å². The Morgan fingerprint density at radius 2 is 1.95 bits per heavy atom. The number of aromatic nitrogens is 5. The minimum absolute atomic E-state index is 0. The second kappa shape index (κ2) is 8.78. The SMILES string of the molecule is CC.CCC.CNC(=O)c1ncn2c(=O)n(C)nnc12.[HH]. The maximum atomic E-state index is 11.5. The van der Waals surface area contributed by atoms with E-state index >= 15 is 0 Å². The zero-order valence-corrected chi connectivity index (χ0v) is 12.8. The zero-order chi connectivity index (χ0) is 15.7. The Bertz CT molecular complexity index is 607. The van der Waals surface area contributed by atoms with E-state index < -0.39 is 11.6 Å². The van der Waals surface area contributed by atoms with E-state index in [0.29, 0.717) is 0 Å². The molecule has 1 N–H and O–H groups in total. The molecule has 8 heteroatoms. The largest absolute Gasteiger partial charge is 0.354 e. The Labute approximate surface area is 119 Å². The van der Waals surface area contributed by atoms with Crippen LogP contribution in [0.4, 0.5) is 0 Å². The normalized spacial score (nSPS) is 9.10. The van der Waals surface area contributed by atoms with Gasteiger partial charge in [-0.2, -0.15) is 4.68 Å². The van der Waals surface area contributed by atoms with Gasteiger partial charge in [-0.05, 0) is 0 Å². The van der Waals surface area contributed by atoms with Crippen molar-refractivity contribution in [3.05, 3.63) is 22.5 Å². The summed E-state index contributed by atoms with van der Waals surface area (Å²) in [7, 11) is 2.94. The van der Waals surface area contributed by atoms with Gasteiger partial charge >= 0.3 is 5.69 Å². The monoisotopic (exact) mass is 284 g/mol. The summed E-state index contributed by atoms with van der Waals surface area (Å²) in [5, 5.41) is 9.70. The number of nitrogens with one attached hydrogen (secondary N) is 1. The maximum absolute atomic E-state index is 11.5. The van der Waals surface area contributed by atoms with Gasteiger partial charge in [0.25, 0.3) is 5.91 Å². The molecule has 0 radical (unpaired) electrons. The van der Waals surface area contributed by atoms with Crippen LogP contribution in [0.1, 0.15) is 46.0 Å². The Kier molecular flexibility index (Phi) is 7.80. The van der Waals surface area contributed by atoms with Gasteiger partial charge in [0, 0.05) is 15.5 Å². The fourth-order valence-corrected chi connectivity index (χ4v) is 1.16. The van der Waals surface area contributed by atoms with Crippen molar-refractivity contribution in [1.29, 1.82) is 0 Å². The number of nitrogens with zero attached hydrogens (tertiary/aromatic N) is 5.